The Morgan fingerprint density at radius 2 is 2.30 bits per heavy atom. The Hall–Kier alpha value is -2.28. The van der Waals surface area contributed by atoms with Crippen molar-refractivity contribution in [3.05, 3.63) is 41.5 Å². The number of benzene rings is 1. The smallest absolute Gasteiger partial charge is 0.217 e. The molecule has 1 aliphatic rings. The van der Waals surface area contributed by atoms with Gasteiger partial charge in [0.1, 0.15) is 0 Å². The fraction of sp³-hybridized carbons (Fsp3) is 0.308. The molecule has 3 rings (SSSR count). The van der Waals surface area contributed by atoms with Crippen molar-refractivity contribution in [2.45, 2.75) is 6.04 Å². The van der Waals surface area contributed by atoms with Gasteiger partial charge in [-0.15, -0.1) is 5.10 Å². The van der Waals surface area contributed by atoms with Gasteiger partial charge in [0.15, 0.2) is 17.3 Å². The first-order chi connectivity index (χ1) is 9.70. The van der Waals surface area contributed by atoms with Gasteiger partial charge >= 0.3 is 0 Å². The highest BCUT2D eigenvalue weighted by Crippen LogP contribution is 2.22. The first kappa shape index (κ1) is 12.7. The highest BCUT2D eigenvalue weighted by Gasteiger charge is 2.24. The fourth-order valence-corrected chi connectivity index (χ4v) is 2.00. The fourth-order valence-electron chi connectivity index (χ4n) is 2.00. The SMILES string of the molecule is COc1cccc(C(=O)c2cn(C3CNC3)nn2)c1F. The lowest BCUT2D eigenvalue weighted by Gasteiger charge is -2.26. The van der Waals surface area contributed by atoms with Crippen LogP contribution in [0.4, 0.5) is 4.39 Å². The maximum Gasteiger partial charge on any atom is 0.217 e. The third kappa shape index (κ3) is 2.05. The number of halogens is 1. The number of hydrogen-bond acceptors (Lipinski definition) is 5. The van der Waals surface area contributed by atoms with Gasteiger partial charge in [-0.05, 0) is 12.1 Å². The van der Waals surface area contributed by atoms with E-state index in [2.05, 4.69) is 15.6 Å². The Bertz CT molecular complexity index is 652. The van der Waals surface area contributed by atoms with Crippen LogP contribution < -0.4 is 10.1 Å². The van der Waals surface area contributed by atoms with Gasteiger partial charge in [-0.3, -0.25) is 4.79 Å². The molecular weight excluding hydrogens is 263 g/mol. The quantitative estimate of drug-likeness (QED) is 0.837. The van der Waals surface area contributed by atoms with Crippen molar-refractivity contribution in [1.82, 2.24) is 20.3 Å². The minimum Gasteiger partial charge on any atom is -0.494 e. The molecule has 0 aliphatic carbocycles. The molecule has 0 radical (unpaired) electrons. The Morgan fingerprint density at radius 3 is 2.95 bits per heavy atom. The molecule has 1 aromatic heterocycles. The molecule has 1 fully saturated rings. The average Bonchev–Trinajstić information content (AvgIpc) is 2.85. The standard InChI is InChI=1S/C13H13FN4O2/c1-20-11-4-2-3-9(12(11)14)13(19)10-7-18(17-16-10)8-5-15-6-8/h2-4,7-8,15H,5-6H2,1H3. The summed E-state index contributed by atoms with van der Waals surface area (Å²) in [5.41, 5.74) is 0.0622. The molecule has 0 bridgehead atoms. The summed E-state index contributed by atoms with van der Waals surface area (Å²) in [5, 5.41) is 10.8. The summed E-state index contributed by atoms with van der Waals surface area (Å²) in [4.78, 5) is 12.3. The molecule has 0 saturated carbocycles. The normalized spacial score (nSPS) is 14.9. The van der Waals surface area contributed by atoms with Crippen LogP contribution in [-0.2, 0) is 0 Å². The number of carbonyl (C=O) groups is 1. The molecule has 0 amide bonds. The molecule has 6 nitrogen and oxygen atoms in total. The van der Waals surface area contributed by atoms with E-state index in [1.165, 1.54) is 19.2 Å². The van der Waals surface area contributed by atoms with Crippen LogP contribution in [0.1, 0.15) is 22.1 Å². The van der Waals surface area contributed by atoms with Crippen molar-refractivity contribution >= 4 is 5.78 Å². The predicted octanol–water partition coefficient (Wildman–Crippen LogP) is 0.801. The number of nitrogens with one attached hydrogen (secondary N) is 1. The monoisotopic (exact) mass is 276 g/mol. The number of carbonyl (C=O) groups excluding carboxylic acids is 1. The molecular formula is C13H13FN4O2. The summed E-state index contributed by atoms with van der Waals surface area (Å²) in [6.45, 7) is 1.59. The highest BCUT2D eigenvalue weighted by molar-refractivity contribution is 6.07. The molecule has 1 saturated heterocycles. The van der Waals surface area contributed by atoms with Crippen molar-refractivity contribution in [3.63, 3.8) is 0 Å². The van der Waals surface area contributed by atoms with E-state index in [0.717, 1.165) is 13.1 Å². The van der Waals surface area contributed by atoms with Gasteiger partial charge in [-0.25, -0.2) is 9.07 Å². The average molecular weight is 276 g/mol. The second-order valence-electron chi connectivity index (χ2n) is 4.55. The summed E-state index contributed by atoms with van der Waals surface area (Å²) >= 11 is 0. The first-order valence-corrected chi connectivity index (χ1v) is 6.20. The minimum atomic E-state index is -0.681. The van der Waals surface area contributed by atoms with Crippen molar-refractivity contribution < 1.29 is 13.9 Å². The molecule has 104 valence electrons. The maximum absolute atomic E-state index is 14.0. The summed E-state index contributed by atoms with van der Waals surface area (Å²) in [7, 11) is 1.35. The Balaban J connectivity index is 1.90. The molecule has 2 heterocycles. The van der Waals surface area contributed by atoms with Gasteiger partial charge in [0.25, 0.3) is 0 Å². The van der Waals surface area contributed by atoms with Crippen LogP contribution in [0.2, 0.25) is 0 Å². The van der Waals surface area contributed by atoms with Crippen LogP contribution in [0.15, 0.2) is 24.4 Å². The third-order valence-electron chi connectivity index (χ3n) is 3.30. The van der Waals surface area contributed by atoms with Gasteiger partial charge < -0.3 is 10.1 Å². The zero-order chi connectivity index (χ0) is 14.1. The number of aromatic nitrogens is 3. The van der Waals surface area contributed by atoms with E-state index in [1.807, 2.05) is 0 Å². The second kappa shape index (κ2) is 5.01. The molecule has 20 heavy (non-hydrogen) atoms. The van der Waals surface area contributed by atoms with Crippen molar-refractivity contribution in [2.24, 2.45) is 0 Å². The van der Waals surface area contributed by atoms with E-state index >= 15 is 0 Å². The van der Waals surface area contributed by atoms with E-state index in [-0.39, 0.29) is 23.0 Å². The molecule has 2 aromatic rings. The van der Waals surface area contributed by atoms with Crippen LogP contribution >= 0.6 is 0 Å². The van der Waals surface area contributed by atoms with Crippen molar-refractivity contribution in [1.29, 1.82) is 0 Å². The van der Waals surface area contributed by atoms with Gasteiger partial charge in [-0.2, -0.15) is 0 Å². The number of ketones is 1. The molecule has 0 spiro atoms. The second-order valence-corrected chi connectivity index (χ2v) is 4.55. The number of rotatable bonds is 4. The van der Waals surface area contributed by atoms with E-state index in [9.17, 15) is 9.18 Å². The Morgan fingerprint density at radius 1 is 1.50 bits per heavy atom. The van der Waals surface area contributed by atoms with Gasteiger partial charge in [0.05, 0.1) is 24.9 Å². The van der Waals surface area contributed by atoms with Crippen LogP contribution in [0.5, 0.6) is 5.75 Å². The lowest BCUT2D eigenvalue weighted by molar-refractivity contribution is 0.102. The molecule has 0 atom stereocenters. The topological polar surface area (TPSA) is 69.0 Å². The van der Waals surface area contributed by atoms with Crippen LogP contribution in [0.3, 0.4) is 0 Å². The lowest BCUT2D eigenvalue weighted by atomic mass is 10.1. The van der Waals surface area contributed by atoms with E-state index in [4.69, 9.17) is 4.74 Å². The van der Waals surface area contributed by atoms with E-state index in [1.54, 1.807) is 16.9 Å². The number of hydrogen-bond donors (Lipinski definition) is 1. The summed E-state index contributed by atoms with van der Waals surface area (Å²) in [5.74, 6) is -1.15. The lowest BCUT2D eigenvalue weighted by Crippen LogP contribution is -2.43. The predicted molar refractivity (Wildman–Crippen MR) is 68.3 cm³/mol. The molecule has 1 aliphatic heterocycles. The minimum absolute atomic E-state index is 0.0337. The van der Waals surface area contributed by atoms with Crippen LogP contribution in [-0.4, -0.2) is 41.0 Å². The summed E-state index contributed by atoms with van der Waals surface area (Å²) < 4.78 is 20.5. The first-order valence-electron chi connectivity index (χ1n) is 6.20. The zero-order valence-corrected chi connectivity index (χ0v) is 10.8. The van der Waals surface area contributed by atoms with E-state index in [0.29, 0.717) is 0 Å². The Labute approximate surface area is 114 Å². The number of ether oxygens (including phenoxy) is 1. The maximum atomic E-state index is 14.0. The Kier molecular flexibility index (Phi) is 3.19. The van der Waals surface area contributed by atoms with Crippen LogP contribution in [0, 0.1) is 5.82 Å². The molecule has 7 heteroatoms. The van der Waals surface area contributed by atoms with Crippen molar-refractivity contribution in [3.8, 4) is 5.75 Å². The van der Waals surface area contributed by atoms with Gasteiger partial charge in [0.2, 0.25) is 5.78 Å². The number of methoxy groups -OCH3 is 1. The molecule has 1 N–H and O–H groups in total. The summed E-state index contributed by atoms with van der Waals surface area (Å²) in [6, 6.07) is 4.64. The third-order valence-corrected chi connectivity index (χ3v) is 3.30. The van der Waals surface area contributed by atoms with E-state index < -0.39 is 11.6 Å². The molecule has 1 aromatic carbocycles. The van der Waals surface area contributed by atoms with Gasteiger partial charge in [-0.1, -0.05) is 11.3 Å². The van der Waals surface area contributed by atoms with Gasteiger partial charge in [0, 0.05) is 13.1 Å². The largest absolute Gasteiger partial charge is 0.494 e. The zero-order valence-electron chi connectivity index (χ0n) is 10.8. The summed E-state index contributed by atoms with van der Waals surface area (Å²) in [6.07, 6.45) is 1.55. The molecule has 0 unspecified atom stereocenters. The highest BCUT2D eigenvalue weighted by atomic mass is 19.1. The number of nitrogens with zero attached hydrogens (tertiary/aromatic N) is 3. The van der Waals surface area contributed by atoms with Crippen molar-refractivity contribution in [2.75, 3.05) is 20.2 Å². The van der Waals surface area contributed by atoms with Crippen LogP contribution in [0.25, 0.3) is 0 Å².